The fourth-order valence-corrected chi connectivity index (χ4v) is 4.12. The number of halogens is 1. The first-order chi connectivity index (χ1) is 10.4. The van der Waals surface area contributed by atoms with Gasteiger partial charge in [0.1, 0.15) is 0 Å². The van der Waals surface area contributed by atoms with Crippen LogP contribution in [0.25, 0.3) is 0 Å². The Morgan fingerprint density at radius 2 is 1.45 bits per heavy atom. The Morgan fingerprint density at radius 3 is 2.18 bits per heavy atom. The highest BCUT2D eigenvalue weighted by Gasteiger charge is 2.19. The first-order valence-corrected chi connectivity index (χ1v) is 9.04. The molecule has 2 aliphatic carbocycles. The molecule has 0 unspecified atom stereocenters. The van der Waals surface area contributed by atoms with E-state index in [1.807, 2.05) is 0 Å². The summed E-state index contributed by atoms with van der Waals surface area (Å²) in [5.74, 6) is 0. The molecule has 0 fully saturated rings. The van der Waals surface area contributed by atoms with Crippen LogP contribution < -0.4 is 0 Å². The molecule has 0 N–H and O–H groups in total. The van der Waals surface area contributed by atoms with Gasteiger partial charge in [-0.25, -0.2) is 0 Å². The van der Waals surface area contributed by atoms with Gasteiger partial charge in [0, 0.05) is 4.47 Å². The minimum atomic E-state index is 0.215. The van der Waals surface area contributed by atoms with Crippen LogP contribution in [-0.2, 0) is 31.1 Å². The monoisotopic (exact) mass is 356 g/mol. The summed E-state index contributed by atoms with van der Waals surface area (Å²) < 4.78 is 1.32. The molecule has 0 radical (unpaired) electrons. The SMILES string of the molecule is Cc1c2ccc(c1Br)CCc1ccc(C(C)(C)C)c(c1)CC2. The molecule has 0 aromatic heterocycles. The zero-order chi connectivity index (χ0) is 15.9. The van der Waals surface area contributed by atoms with Crippen LogP contribution >= 0.6 is 15.9 Å². The Balaban J connectivity index is 2.08. The second-order valence-electron chi connectivity index (χ2n) is 7.56. The third kappa shape index (κ3) is 3.01. The number of hydrogen-bond donors (Lipinski definition) is 0. The molecule has 0 atom stereocenters. The van der Waals surface area contributed by atoms with Gasteiger partial charge in [0.05, 0.1) is 0 Å². The summed E-state index contributed by atoms with van der Waals surface area (Å²) in [6, 6.07) is 11.8. The van der Waals surface area contributed by atoms with Crippen molar-refractivity contribution in [1.29, 1.82) is 0 Å². The van der Waals surface area contributed by atoms with Gasteiger partial charge in [-0.3, -0.25) is 0 Å². The van der Waals surface area contributed by atoms with E-state index in [0.717, 1.165) is 25.7 Å². The maximum Gasteiger partial charge on any atom is 0.0239 e. The zero-order valence-corrected chi connectivity index (χ0v) is 15.7. The topological polar surface area (TPSA) is 0 Å². The van der Waals surface area contributed by atoms with Crippen LogP contribution in [0.15, 0.2) is 34.8 Å². The lowest BCUT2D eigenvalue weighted by atomic mass is 9.81. The van der Waals surface area contributed by atoms with E-state index in [-0.39, 0.29) is 5.41 Å². The Kier molecular flexibility index (Phi) is 4.20. The van der Waals surface area contributed by atoms with Crippen LogP contribution in [0.2, 0.25) is 0 Å². The summed E-state index contributed by atoms with van der Waals surface area (Å²) in [5.41, 5.74) is 9.05. The van der Waals surface area contributed by atoms with E-state index in [2.05, 4.69) is 74.0 Å². The molecule has 4 rings (SSSR count). The van der Waals surface area contributed by atoms with Crippen molar-refractivity contribution in [3.8, 4) is 0 Å². The first kappa shape index (κ1) is 15.8. The van der Waals surface area contributed by atoms with Crippen LogP contribution in [0.1, 0.15) is 54.2 Å². The highest BCUT2D eigenvalue weighted by atomic mass is 79.9. The van der Waals surface area contributed by atoms with Crippen molar-refractivity contribution in [2.24, 2.45) is 0 Å². The molecule has 4 bridgehead atoms. The molecule has 0 spiro atoms. The number of benzene rings is 2. The summed E-state index contributed by atoms with van der Waals surface area (Å²) in [6.07, 6.45) is 4.48. The normalized spacial score (nSPS) is 14.8. The van der Waals surface area contributed by atoms with Crippen molar-refractivity contribution in [3.63, 3.8) is 0 Å². The number of hydrogen-bond acceptors (Lipinski definition) is 0. The maximum absolute atomic E-state index is 3.82. The fourth-order valence-electron chi connectivity index (χ4n) is 3.53. The number of rotatable bonds is 0. The Morgan fingerprint density at radius 1 is 0.818 bits per heavy atom. The zero-order valence-electron chi connectivity index (χ0n) is 14.1. The quantitative estimate of drug-likeness (QED) is 0.547. The molecule has 2 aromatic rings. The van der Waals surface area contributed by atoms with Crippen molar-refractivity contribution >= 4 is 15.9 Å². The summed E-state index contributed by atoms with van der Waals surface area (Å²) in [6.45, 7) is 9.21. The molecule has 1 heteroatoms. The molecular weight excluding hydrogens is 332 g/mol. The summed E-state index contributed by atoms with van der Waals surface area (Å²) in [7, 11) is 0. The van der Waals surface area contributed by atoms with Crippen LogP contribution in [0.5, 0.6) is 0 Å². The third-order valence-electron chi connectivity index (χ3n) is 4.90. The predicted molar refractivity (Wildman–Crippen MR) is 98.8 cm³/mol. The Labute approximate surface area is 143 Å². The van der Waals surface area contributed by atoms with Gasteiger partial charge in [0.25, 0.3) is 0 Å². The molecule has 0 aliphatic heterocycles. The third-order valence-corrected chi connectivity index (χ3v) is 6.01. The first-order valence-electron chi connectivity index (χ1n) is 8.25. The van der Waals surface area contributed by atoms with Gasteiger partial charge in [-0.05, 0) is 71.4 Å². The van der Waals surface area contributed by atoms with Gasteiger partial charge in [-0.2, -0.15) is 0 Å². The Hall–Kier alpha value is -1.08. The van der Waals surface area contributed by atoms with E-state index in [9.17, 15) is 0 Å². The number of aryl methyl sites for hydroxylation is 4. The fraction of sp³-hybridized carbons (Fsp3) is 0.429. The minimum absolute atomic E-state index is 0.215. The highest BCUT2D eigenvalue weighted by molar-refractivity contribution is 9.10. The van der Waals surface area contributed by atoms with Gasteiger partial charge in [-0.15, -0.1) is 0 Å². The molecule has 0 saturated carbocycles. The van der Waals surface area contributed by atoms with E-state index in [4.69, 9.17) is 0 Å². The standard InChI is InChI=1S/C21H25Br/c1-14-16-8-10-17(20(14)22)7-5-15-6-12-19(21(2,3)4)18(13-15)11-9-16/h6,8,10,12-13H,5,7,9,11H2,1-4H3. The molecule has 22 heavy (non-hydrogen) atoms. The molecule has 0 nitrogen and oxygen atoms in total. The van der Waals surface area contributed by atoms with Gasteiger partial charge >= 0.3 is 0 Å². The molecular formula is C21H25Br. The smallest absolute Gasteiger partial charge is 0.0239 e. The van der Waals surface area contributed by atoms with Crippen molar-refractivity contribution in [1.82, 2.24) is 0 Å². The lowest BCUT2D eigenvalue weighted by Crippen LogP contribution is -2.15. The van der Waals surface area contributed by atoms with Gasteiger partial charge in [0.15, 0.2) is 0 Å². The number of fused-ring (bicyclic) bond motifs is 4. The van der Waals surface area contributed by atoms with E-state index in [1.54, 1.807) is 0 Å². The molecule has 116 valence electrons. The van der Waals surface area contributed by atoms with Crippen molar-refractivity contribution in [2.75, 3.05) is 0 Å². The van der Waals surface area contributed by atoms with E-state index >= 15 is 0 Å². The lowest BCUT2D eigenvalue weighted by Gasteiger charge is -2.24. The van der Waals surface area contributed by atoms with E-state index < -0.39 is 0 Å². The van der Waals surface area contributed by atoms with Crippen molar-refractivity contribution in [2.45, 2.75) is 58.8 Å². The average molecular weight is 357 g/mol. The van der Waals surface area contributed by atoms with Crippen LogP contribution in [0.3, 0.4) is 0 Å². The van der Waals surface area contributed by atoms with E-state index in [0.29, 0.717) is 0 Å². The van der Waals surface area contributed by atoms with Crippen LogP contribution in [-0.4, -0.2) is 0 Å². The largest absolute Gasteiger partial charge is 0.0587 e. The van der Waals surface area contributed by atoms with Crippen molar-refractivity contribution < 1.29 is 0 Å². The summed E-state index contributed by atoms with van der Waals surface area (Å²) >= 11 is 3.82. The van der Waals surface area contributed by atoms with Crippen LogP contribution in [0.4, 0.5) is 0 Å². The molecule has 0 heterocycles. The second-order valence-corrected chi connectivity index (χ2v) is 8.36. The van der Waals surface area contributed by atoms with Crippen LogP contribution in [0, 0.1) is 6.92 Å². The van der Waals surface area contributed by atoms with Gasteiger partial charge in [0.2, 0.25) is 0 Å². The highest BCUT2D eigenvalue weighted by Crippen LogP contribution is 2.31. The lowest BCUT2D eigenvalue weighted by molar-refractivity contribution is 0.581. The average Bonchev–Trinajstić information content (AvgIpc) is 2.49. The Bertz CT molecular complexity index is 705. The summed E-state index contributed by atoms with van der Waals surface area (Å²) in [5, 5.41) is 0. The van der Waals surface area contributed by atoms with E-state index in [1.165, 1.54) is 37.9 Å². The van der Waals surface area contributed by atoms with Gasteiger partial charge in [-0.1, -0.05) is 67.0 Å². The molecule has 0 saturated heterocycles. The van der Waals surface area contributed by atoms with Crippen molar-refractivity contribution in [3.05, 3.63) is 68.2 Å². The second kappa shape index (κ2) is 5.85. The predicted octanol–water partition coefficient (Wildman–Crippen LogP) is 5.94. The maximum atomic E-state index is 3.82. The molecule has 0 amide bonds. The van der Waals surface area contributed by atoms with Gasteiger partial charge < -0.3 is 0 Å². The molecule has 2 aromatic carbocycles. The summed E-state index contributed by atoms with van der Waals surface area (Å²) in [4.78, 5) is 0. The minimum Gasteiger partial charge on any atom is -0.0587 e. The molecule has 2 aliphatic rings.